The van der Waals surface area contributed by atoms with E-state index in [9.17, 15) is 5.11 Å². The Bertz CT molecular complexity index is 1540. The summed E-state index contributed by atoms with van der Waals surface area (Å²) in [5, 5.41) is 22.1. The average Bonchev–Trinajstić information content (AvgIpc) is 3.56. The molecule has 5 aromatic rings. The predicted octanol–water partition coefficient (Wildman–Crippen LogP) is 5.77. The average molecular weight is 527 g/mol. The number of H-pyrrole nitrogens is 1. The first-order valence-corrected chi connectivity index (χ1v) is 13.8. The van der Waals surface area contributed by atoms with Gasteiger partial charge in [-0.3, -0.25) is 9.55 Å². The molecule has 2 aromatic carbocycles. The van der Waals surface area contributed by atoms with Gasteiger partial charge in [-0.1, -0.05) is 31.7 Å². The van der Waals surface area contributed by atoms with Crippen molar-refractivity contribution < 1.29 is 9.84 Å². The molecule has 1 fully saturated rings. The fourth-order valence-corrected chi connectivity index (χ4v) is 5.76. The number of phenolic OH excluding ortho intramolecular Hbond substituents is 1. The molecule has 2 N–H and O–H groups in total. The lowest BCUT2D eigenvalue weighted by Gasteiger charge is -2.29. The van der Waals surface area contributed by atoms with Gasteiger partial charge in [0.15, 0.2) is 11.0 Å². The molecule has 0 bridgehead atoms. The van der Waals surface area contributed by atoms with E-state index >= 15 is 0 Å². The van der Waals surface area contributed by atoms with Crippen LogP contribution in [0.2, 0.25) is 0 Å². The molecule has 0 radical (unpaired) electrons. The van der Waals surface area contributed by atoms with Gasteiger partial charge in [0.2, 0.25) is 0 Å². The number of aromatic amines is 1. The number of pyridine rings is 1. The van der Waals surface area contributed by atoms with Crippen LogP contribution in [0.3, 0.4) is 0 Å². The SMILES string of the molecule is CC(C)c1c[nH]c2cc(O)c(-c3nnc(SCc4cccnc4)n3-c3ccc(N4CCOCC4)cc3)cc12. The summed E-state index contributed by atoms with van der Waals surface area (Å²) in [6.45, 7) is 7.58. The Balaban J connectivity index is 1.43. The summed E-state index contributed by atoms with van der Waals surface area (Å²) < 4.78 is 7.55. The number of nitrogens with one attached hydrogen (secondary N) is 1. The predicted molar refractivity (Wildman–Crippen MR) is 151 cm³/mol. The number of nitrogens with zero attached hydrogens (tertiary/aromatic N) is 5. The van der Waals surface area contributed by atoms with Crippen LogP contribution in [0.1, 0.15) is 30.9 Å². The molecule has 0 spiro atoms. The summed E-state index contributed by atoms with van der Waals surface area (Å²) >= 11 is 1.60. The zero-order chi connectivity index (χ0) is 26.1. The summed E-state index contributed by atoms with van der Waals surface area (Å²) in [7, 11) is 0. The minimum Gasteiger partial charge on any atom is -0.507 e. The first-order chi connectivity index (χ1) is 18.6. The van der Waals surface area contributed by atoms with Crippen molar-refractivity contribution in [3.8, 4) is 22.8 Å². The molecule has 9 heteroatoms. The molecule has 1 aliphatic rings. The van der Waals surface area contributed by atoms with Gasteiger partial charge < -0.3 is 19.7 Å². The summed E-state index contributed by atoms with van der Waals surface area (Å²) in [5.74, 6) is 1.82. The number of hydrogen-bond donors (Lipinski definition) is 2. The van der Waals surface area contributed by atoms with Crippen molar-refractivity contribution >= 4 is 28.4 Å². The topological polar surface area (TPSA) is 92.1 Å². The van der Waals surface area contributed by atoms with Crippen LogP contribution in [0.15, 0.2) is 72.3 Å². The molecule has 0 atom stereocenters. The third kappa shape index (κ3) is 4.75. The van der Waals surface area contributed by atoms with Crippen LogP contribution in [0.5, 0.6) is 5.75 Å². The quantitative estimate of drug-likeness (QED) is 0.260. The monoisotopic (exact) mass is 526 g/mol. The number of benzene rings is 2. The Labute approximate surface area is 225 Å². The number of anilines is 1. The molecule has 1 saturated heterocycles. The highest BCUT2D eigenvalue weighted by atomic mass is 32.2. The van der Waals surface area contributed by atoms with Crippen molar-refractivity contribution in [2.45, 2.75) is 30.7 Å². The van der Waals surface area contributed by atoms with Crippen LogP contribution < -0.4 is 4.90 Å². The second-order valence-corrected chi connectivity index (χ2v) is 10.7. The number of thioether (sulfide) groups is 1. The number of ether oxygens (including phenoxy) is 1. The van der Waals surface area contributed by atoms with Crippen LogP contribution in [-0.4, -0.2) is 56.1 Å². The van der Waals surface area contributed by atoms with Gasteiger partial charge in [-0.25, -0.2) is 0 Å². The van der Waals surface area contributed by atoms with Crippen LogP contribution in [0, 0.1) is 0 Å². The van der Waals surface area contributed by atoms with Gasteiger partial charge in [0.05, 0.1) is 18.8 Å². The lowest BCUT2D eigenvalue weighted by molar-refractivity contribution is 0.122. The molecule has 0 aliphatic carbocycles. The Morgan fingerprint density at radius 3 is 2.58 bits per heavy atom. The highest BCUT2D eigenvalue weighted by Crippen LogP contribution is 2.38. The summed E-state index contributed by atoms with van der Waals surface area (Å²) in [6, 6.07) is 16.2. The Morgan fingerprint density at radius 2 is 1.84 bits per heavy atom. The van der Waals surface area contributed by atoms with Crippen molar-refractivity contribution in [1.29, 1.82) is 0 Å². The number of fused-ring (bicyclic) bond motifs is 1. The summed E-state index contributed by atoms with van der Waals surface area (Å²) in [4.78, 5) is 9.86. The number of aromatic nitrogens is 5. The van der Waals surface area contributed by atoms with E-state index in [2.05, 4.69) is 69.2 Å². The third-order valence-electron chi connectivity index (χ3n) is 6.90. The van der Waals surface area contributed by atoms with E-state index in [-0.39, 0.29) is 5.75 Å². The second kappa shape index (κ2) is 10.5. The van der Waals surface area contributed by atoms with Crippen molar-refractivity contribution in [2.24, 2.45) is 0 Å². The van der Waals surface area contributed by atoms with Crippen molar-refractivity contribution in [1.82, 2.24) is 24.7 Å². The third-order valence-corrected chi connectivity index (χ3v) is 7.90. The molecule has 8 nitrogen and oxygen atoms in total. The zero-order valence-electron chi connectivity index (χ0n) is 21.5. The maximum Gasteiger partial charge on any atom is 0.196 e. The highest BCUT2D eigenvalue weighted by Gasteiger charge is 2.21. The molecule has 38 heavy (non-hydrogen) atoms. The van der Waals surface area contributed by atoms with Crippen LogP contribution >= 0.6 is 11.8 Å². The fourth-order valence-electron chi connectivity index (χ4n) is 4.87. The molecule has 6 rings (SSSR count). The molecular weight excluding hydrogens is 496 g/mol. The minimum absolute atomic E-state index is 0.164. The number of hydrogen-bond acceptors (Lipinski definition) is 7. The molecular formula is C29H30N6O2S. The van der Waals surface area contributed by atoms with E-state index in [4.69, 9.17) is 4.74 Å². The number of phenols is 1. The molecule has 194 valence electrons. The number of morpholine rings is 1. The van der Waals surface area contributed by atoms with Crippen LogP contribution in [0.4, 0.5) is 5.69 Å². The van der Waals surface area contributed by atoms with Crippen molar-refractivity contribution in [3.05, 3.63) is 78.2 Å². The van der Waals surface area contributed by atoms with Crippen molar-refractivity contribution in [3.63, 3.8) is 0 Å². The van der Waals surface area contributed by atoms with E-state index in [0.29, 0.717) is 23.1 Å². The molecule has 0 unspecified atom stereocenters. The molecule has 0 amide bonds. The van der Waals surface area contributed by atoms with E-state index in [0.717, 1.165) is 59.3 Å². The molecule has 0 saturated carbocycles. The van der Waals surface area contributed by atoms with Gasteiger partial charge in [0, 0.05) is 65.8 Å². The normalized spacial score (nSPS) is 14.0. The van der Waals surface area contributed by atoms with Gasteiger partial charge in [0.1, 0.15) is 5.75 Å². The first kappa shape index (κ1) is 24.5. The first-order valence-electron chi connectivity index (χ1n) is 12.8. The molecule has 4 heterocycles. The maximum absolute atomic E-state index is 11.1. The van der Waals surface area contributed by atoms with Gasteiger partial charge in [-0.2, -0.15) is 0 Å². The lowest BCUT2D eigenvalue weighted by Crippen LogP contribution is -2.36. The minimum atomic E-state index is 0.164. The summed E-state index contributed by atoms with van der Waals surface area (Å²) in [6.07, 6.45) is 5.66. The molecule has 1 aliphatic heterocycles. The maximum atomic E-state index is 11.1. The Kier molecular flexibility index (Phi) is 6.78. The van der Waals surface area contributed by atoms with Crippen LogP contribution in [0.25, 0.3) is 28.0 Å². The van der Waals surface area contributed by atoms with Gasteiger partial charge in [-0.05, 0) is 53.4 Å². The number of rotatable bonds is 7. The van der Waals surface area contributed by atoms with E-state index < -0.39 is 0 Å². The second-order valence-electron chi connectivity index (χ2n) is 9.72. The zero-order valence-corrected chi connectivity index (χ0v) is 22.3. The van der Waals surface area contributed by atoms with Crippen molar-refractivity contribution in [2.75, 3.05) is 31.2 Å². The smallest absolute Gasteiger partial charge is 0.196 e. The Morgan fingerprint density at radius 1 is 1.05 bits per heavy atom. The van der Waals surface area contributed by atoms with Gasteiger partial charge in [-0.15, -0.1) is 10.2 Å². The number of aromatic hydroxyl groups is 1. The lowest BCUT2D eigenvalue weighted by atomic mass is 10.0. The van der Waals surface area contributed by atoms with Gasteiger partial charge in [0.25, 0.3) is 0 Å². The standard InChI is InChI=1S/C29H30N6O2S/c1-19(2)25-17-31-26-15-27(36)24(14-23(25)26)28-32-33-29(38-18-20-4-3-9-30-16-20)35(28)22-7-5-21(6-8-22)34-10-12-37-13-11-34/h3-9,14-17,19,31,36H,10-13,18H2,1-2H3. The molecule has 3 aromatic heterocycles. The van der Waals surface area contributed by atoms with Crippen LogP contribution in [-0.2, 0) is 10.5 Å². The largest absolute Gasteiger partial charge is 0.507 e. The Hall–Kier alpha value is -3.82. The fraction of sp³-hybridized carbons (Fsp3) is 0.276. The van der Waals surface area contributed by atoms with E-state index in [1.165, 1.54) is 5.56 Å². The van der Waals surface area contributed by atoms with E-state index in [1.807, 2.05) is 29.1 Å². The summed E-state index contributed by atoms with van der Waals surface area (Å²) in [5.41, 5.74) is 5.96. The van der Waals surface area contributed by atoms with E-state index in [1.54, 1.807) is 24.0 Å². The highest BCUT2D eigenvalue weighted by molar-refractivity contribution is 7.98. The van der Waals surface area contributed by atoms with Gasteiger partial charge >= 0.3 is 0 Å².